The largest absolute Gasteiger partial charge is 0.488 e. The molecular weight excluding hydrogens is 433 g/mol. The van der Waals surface area contributed by atoms with Crippen molar-refractivity contribution < 1.29 is 4.74 Å². The highest BCUT2D eigenvalue weighted by Gasteiger charge is 2.31. The van der Waals surface area contributed by atoms with Crippen LogP contribution in [0.4, 0.5) is 0 Å². The molecule has 3 aromatic carbocycles. The molecule has 0 saturated carbocycles. The summed E-state index contributed by atoms with van der Waals surface area (Å²) in [5, 5.41) is 1.53. The molecule has 0 aliphatic heterocycles. The van der Waals surface area contributed by atoms with Crippen molar-refractivity contribution in [3.05, 3.63) is 94.0 Å². The molecule has 182 valence electrons. The Bertz CT molecular complexity index is 1070. The summed E-state index contributed by atoms with van der Waals surface area (Å²) in [4.78, 5) is 2.51. The highest BCUT2D eigenvalue weighted by Crippen LogP contribution is 2.49. The summed E-state index contributed by atoms with van der Waals surface area (Å²) < 4.78 is 6.55. The molecular formula is C31H42NOP. The van der Waals surface area contributed by atoms with Crippen molar-refractivity contribution in [3.63, 3.8) is 0 Å². The third-order valence-electron chi connectivity index (χ3n) is 6.99. The SMILES string of the molecule is CCN(CC)Cc1cccc(C)c1PC(C)(CC)c1cc(C)cc(C)c1OCc1ccccc1. The molecule has 0 radical (unpaired) electrons. The summed E-state index contributed by atoms with van der Waals surface area (Å²) in [5.41, 5.74) is 7.95. The third kappa shape index (κ3) is 6.29. The zero-order chi connectivity index (χ0) is 24.7. The minimum Gasteiger partial charge on any atom is -0.488 e. The molecule has 0 heterocycles. The second-order valence-electron chi connectivity index (χ2n) is 9.61. The van der Waals surface area contributed by atoms with Gasteiger partial charge >= 0.3 is 0 Å². The molecule has 0 saturated heterocycles. The van der Waals surface area contributed by atoms with Gasteiger partial charge in [0.25, 0.3) is 0 Å². The van der Waals surface area contributed by atoms with Crippen molar-refractivity contribution >= 4 is 13.9 Å². The molecule has 0 amide bonds. The van der Waals surface area contributed by atoms with Gasteiger partial charge in [-0.1, -0.05) is 103 Å². The fraction of sp³-hybridized carbons (Fsp3) is 0.419. The standard InChI is InChI=1S/C31H42NOP/c1-8-31(7,34-30-24(5)15-14-18-27(30)21-32(9-2)10-3)28-20-23(4)19-25(6)29(28)33-22-26-16-12-11-13-17-26/h11-20,34H,8-10,21-22H2,1-7H3. The normalized spacial score (nSPS) is 13.5. The molecule has 2 nitrogen and oxygen atoms in total. The van der Waals surface area contributed by atoms with E-state index in [1.165, 1.54) is 38.7 Å². The quantitative estimate of drug-likeness (QED) is 0.264. The number of ether oxygens (including phenoxy) is 1. The molecule has 0 N–H and O–H groups in total. The van der Waals surface area contributed by atoms with E-state index >= 15 is 0 Å². The maximum absolute atomic E-state index is 6.55. The predicted molar refractivity (Wildman–Crippen MR) is 150 cm³/mol. The number of rotatable bonds is 11. The van der Waals surface area contributed by atoms with Crippen LogP contribution in [0, 0.1) is 20.8 Å². The number of hydrogen-bond acceptors (Lipinski definition) is 2. The Hall–Kier alpha value is -2.15. The Morgan fingerprint density at radius 2 is 1.56 bits per heavy atom. The van der Waals surface area contributed by atoms with Crippen molar-refractivity contribution in [2.45, 2.75) is 73.2 Å². The van der Waals surface area contributed by atoms with Gasteiger partial charge in [0.1, 0.15) is 12.4 Å². The van der Waals surface area contributed by atoms with Crippen molar-refractivity contribution in [2.24, 2.45) is 0 Å². The third-order valence-corrected chi connectivity index (χ3v) is 9.14. The molecule has 0 fully saturated rings. The van der Waals surface area contributed by atoms with E-state index in [2.05, 4.69) is 114 Å². The van der Waals surface area contributed by atoms with E-state index < -0.39 is 0 Å². The predicted octanol–water partition coefficient (Wildman–Crippen LogP) is 7.66. The summed E-state index contributed by atoms with van der Waals surface area (Å²) in [7, 11) is 0.679. The van der Waals surface area contributed by atoms with E-state index in [4.69, 9.17) is 4.74 Å². The second kappa shape index (κ2) is 12.0. The second-order valence-corrected chi connectivity index (χ2v) is 11.5. The lowest BCUT2D eigenvalue weighted by Crippen LogP contribution is -2.27. The van der Waals surface area contributed by atoms with Gasteiger partial charge in [0, 0.05) is 17.3 Å². The van der Waals surface area contributed by atoms with Gasteiger partial charge < -0.3 is 4.74 Å². The van der Waals surface area contributed by atoms with Crippen LogP contribution in [0.15, 0.2) is 60.7 Å². The first-order valence-electron chi connectivity index (χ1n) is 12.7. The highest BCUT2D eigenvalue weighted by atomic mass is 31.1. The van der Waals surface area contributed by atoms with Gasteiger partial charge in [-0.15, -0.1) is 0 Å². The Morgan fingerprint density at radius 3 is 2.21 bits per heavy atom. The maximum atomic E-state index is 6.55. The smallest absolute Gasteiger partial charge is 0.126 e. The van der Waals surface area contributed by atoms with Gasteiger partial charge in [-0.05, 0) is 67.8 Å². The Balaban J connectivity index is 2.01. The highest BCUT2D eigenvalue weighted by molar-refractivity contribution is 7.48. The van der Waals surface area contributed by atoms with E-state index in [1.807, 2.05) is 0 Å². The molecule has 3 rings (SSSR count). The van der Waals surface area contributed by atoms with Gasteiger partial charge in [-0.3, -0.25) is 4.90 Å². The lowest BCUT2D eigenvalue weighted by atomic mass is 9.92. The van der Waals surface area contributed by atoms with Crippen LogP contribution in [-0.2, 0) is 18.3 Å². The van der Waals surface area contributed by atoms with Crippen molar-refractivity contribution in [1.29, 1.82) is 0 Å². The van der Waals surface area contributed by atoms with Crippen molar-refractivity contribution in [1.82, 2.24) is 4.90 Å². The van der Waals surface area contributed by atoms with Gasteiger partial charge in [-0.2, -0.15) is 0 Å². The van der Waals surface area contributed by atoms with Crippen LogP contribution < -0.4 is 10.0 Å². The average Bonchev–Trinajstić information content (AvgIpc) is 2.84. The van der Waals surface area contributed by atoms with E-state index in [0.717, 1.165) is 31.8 Å². The van der Waals surface area contributed by atoms with Crippen LogP contribution >= 0.6 is 8.58 Å². The summed E-state index contributed by atoms with van der Waals surface area (Å²) in [6, 6.07) is 21.9. The zero-order valence-corrected chi connectivity index (χ0v) is 23.2. The number of benzene rings is 3. The Kier molecular flexibility index (Phi) is 9.34. The minimum atomic E-state index is 0.00687. The topological polar surface area (TPSA) is 12.5 Å². The summed E-state index contributed by atoms with van der Waals surface area (Å²) in [6.45, 7) is 19.7. The Labute approximate surface area is 209 Å². The first-order chi connectivity index (χ1) is 16.3. The molecule has 0 aromatic heterocycles. The number of aryl methyl sites for hydroxylation is 3. The molecule has 2 unspecified atom stereocenters. The van der Waals surface area contributed by atoms with Gasteiger partial charge in [0.15, 0.2) is 0 Å². The van der Waals surface area contributed by atoms with Gasteiger partial charge in [0.2, 0.25) is 0 Å². The van der Waals surface area contributed by atoms with E-state index in [9.17, 15) is 0 Å². The molecule has 34 heavy (non-hydrogen) atoms. The van der Waals surface area contributed by atoms with Gasteiger partial charge in [-0.25, -0.2) is 0 Å². The molecule has 0 bridgehead atoms. The number of nitrogens with zero attached hydrogens (tertiary/aromatic N) is 1. The lowest BCUT2D eigenvalue weighted by Gasteiger charge is -2.34. The molecule has 0 aliphatic rings. The fourth-order valence-electron chi connectivity index (χ4n) is 4.63. The molecule has 0 spiro atoms. The Morgan fingerprint density at radius 1 is 0.853 bits per heavy atom. The first kappa shape index (κ1) is 26.5. The summed E-state index contributed by atoms with van der Waals surface area (Å²) >= 11 is 0. The van der Waals surface area contributed by atoms with Crippen molar-refractivity contribution in [3.8, 4) is 5.75 Å². The zero-order valence-electron chi connectivity index (χ0n) is 22.2. The van der Waals surface area contributed by atoms with E-state index in [1.54, 1.807) is 0 Å². The van der Waals surface area contributed by atoms with Crippen molar-refractivity contribution in [2.75, 3.05) is 13.1 Å². The van der Waals surface area contributed by atoms with E-state index in [-0.39, 0.29) is 5.16 Å². The monoisotopic (exact) mass is 475 g/mol. The van der Waals surface area contributed by atoms with Crippen LogP contribution in [-0.4, -0.2) is 18.0 Å². The van der Waals surface area contributed by atoms with Crippen LogP contribution in [0.25, 0.3) is 0 Å². The molecule has 3 heteroatoms. The minimum absolute atomic E-state index is 0.00687. The van der Waals surface area contributed by atoms with Gasteiger partial charge in [0.05, 0.1) is 0 Å². The average molecular weight is 476 g/mol. The number of hydrogen-bond donors (Lipinski definition) is 0. The fourth-order valence-corrected chi connectivity index (χ4v) is 6.29. The first-order valence-corrected chi connectivity index (χ1v) is 13.7. The maximum Gasteiger partial charge on any atom is 0.126 e. The molecule has 0 aliphatic carbocycles. The lowest BCUT2D eigenvalue weighted by molar-refractivity contribution is 0.296. The van der Waals surface area contributed by atoms with Crippen LogP contribution in [0.1, 0.15) is 67.5 Å². The summed E-state index contributed by atoms with van der Waals surface area (Å²) in [6.07, 6.45) is 1.06. The van der Waals surface area contributed by atoms with Crippen LogP contribution in [0.3, 0.4) is 0 Å². The summed E-state index contributed by atoms with van der Waals surface area (Å²) in [5.74, 6) is 1.06. The molecule has 2 atom stereocenters. The van der Waals surface area contributed by atoms with E-state index in [0.29, 0.717) is 15.2 Å². The molecule has 3 aromatic rings. The van der Waals surface area contributed by atoms with Crippen LogP contribution in [0.2, 0.25) is 0 Å². The van der Waals surface area contributed by atoms with Crippen LogP contribution in [0.5, 0.6) is 5.75 Å².